The Hall–Kier alpha value is -4.05. The summed E-state index contributed by atoms with van der Waals surface area (Å²) in [6, 6.07) is 2.15. The topological polar surface area (TPSA) is 76.4 Å². The van der Waals surface area contributed by atoms with Gasteiger partial charge in [-0.3, -0.25) is 4.90 Å². The lowest BCUT2D eigenvalue weighted by Crippen LogP contribution is -2.37. The summed E-state index contributed by atoms with van der Waals surface area (Å²) in [7, 11) is 1.39. The molecular weight excluding hydrogens is 647 g/mol. The zero-order valence-corrected chi connectivity index (χ0v) is 26.1. The van der Waals surface area contributed by atoms with Crippen molar-refractivity contribution in [2.75, 3.05) is 16.3 Å². The van der Waals surface area contributed by atoms with E-state index in [9.17, 15) is 44.3 Å². The summed E-state index contributed by atoms with van der Waals surface area (Å²) in [5.41, 5.74) is -4.73. The van der Waals surface area contributed by atoms with Crippen molar-refractivity contribution in [3.05, 3.63) is 63.7 Å². The largest absolute Gasteiger partial charge is 0.446 e. The first kappa shape index (κ1) is 35.8. The third kappa shape index (κ3) is 8.09. The summed E-state index contributed by atoms with van der Waals surface area (Å²) in [5.74, 6) is -0.298. The first-order chi connectivity index (χ1) is 21.7. The monoisotopic (exact) mass is 680 g/mol. The van der Waals surface area contributed by atoms with Crippen LogP contribution in [-0.2, 0) is 36.9 Å². The Morgan fingerprint density at radius 2 is 1.60 bits per heavy atom. The van der Waals surface area contributed by atoms with Crippen molar-refractivity contribution >= 4 is 17.7 Å². The number of benzene rings is 2. The van der Waals surface area contributed by atoms with E-state index in [-0.39, 0.29) is 54.1 Å². The maximum absolute atomic E-state index is 14.1. The molecule has 2 heterocycles. The van der Waals surface area contributed by atoms with E-state index in [4.69, 9.17) is 4.74 Å². The number of tetrazole rings is 1. The Kier molecular flexibility index (Phi) is 10.1. The average molecular weight is 681 g/mol. The molecule has 47 heavy (non-hydrogen) atoms. The van der Waals surface area contributed by atoms with Crippen LogP contribution in [0.5, 0.6) is 0 Å². The van der Waals surface area contributed by atoms with Gasteiger partial charge in [0.15, 0.2) is 0 Å². The molecule has 2 atom stereocenters. The van der Waals surface area contributed by atoms with Gasteiger partial charge in [-0.2, -0.15) is 44.3 Å². The molecule has 4 rings (SSSR count). The van der Waals surface area contributed by atoms with E-state index >= 15 is 0 Å². The quantitative estimate of drug-likeness (QED) is 0.233. The summed E-state index contributed by atoms with van der Waals surface area (Å²) in [5, 5.41) is 11.8. The molecule has 2 aromatic carbocycles. The second-order valence-electron chi connectivity index (χ2n) is 11.7. The van der Waals surface area contributed by atoms with E-state index in [1.807, 2.05) is 13.8 Å². The number of alkyl halides is 9. The minimum atomic E-state index is -5.11. The molecule has 0 bridgehead atoms. The molecule has 0 saturated heterocycles. The van der Waals surface area contributed by atoms with Crippen LogP contribution in [0.3, 0.4) is 0 Å². The van der Waals surface area contributed by atoms with E-state index in [0.29, 0.717) is 18.6 Å². The Morgan fingerprint density at radius 1 is 0.979 bits per heavy atom. The lowest BCUT2D eigenvalue weighted by atomic mass is 9.94. The summed E-state index contributed by atoms with van der Waals surface area (Å²) in [6.07, 6.45) is -15.7. The highest BCUT2D eigenvalue weighted by Crippen LogP contribution is 2.44. The van der Waals surface area contributed by atoms with Crippen molar-refractivity contribution in [2.24, 2.45) is 13.0 Å². The highest BCUT2D eigenvalue weighted by molar-refractivity contribution is 5.89. The van der Waals surface area contributed by atoms with E-state index in [2.05, 4.69) is 15.4 Å². The molecule has 0 fully saturated rings. The van der Waals surface area contributed by atoms with Crippen LogP contribution in [0.15, 0.2) is 30.3 Å². The molecule has 258 valence electrons. The molecule has 0 spiro atoms. The second-order valence-corrected chi connectivity index (χ2v) is 11.7. The normalized spacial score (nSPS) is 16.6. The average Bonchev–Trinajstić information content (AvgIpc) is 3.30. The van der Waals surface area contributed by atoms with Gasteiger partial charge in [0.25, 0.3) is 5.95 Å². The van der Waals surface area contributed by atoms with E-state index in [1.165, 1.54) is 24.9 Å². The predicted octanol–water partition coefficient (Wildman–Crippen LogP) is 8.49. The second kappa shape index (κ2) is 13.2. The number of fused-ring (bicyclic) bond motifs is 1. The van der Waals surface area contributed by atoms with Gasteiger partial charge in [-0.15, -0.1) is 5.10 Å². The van der Waals surface area contributed by atoms with Crippen LogP contribution in [0, 0.1) is 12.8 Å². The summed E-state index contributed by atoms with van der Waals surface area (Å²) >= 11 is 0. The van der Waals surface area contributed by atoms with E-state index in [1.54, 1.807) is 6.92 Å². The Labute approximate surface area is 264 Å². The standard InChI is InChI=1S/C30H33F9N6O2/c1-6-25(16(2)3)47-27(46)44-9-7-8-23(21-10-17(4)22(14-24(21)44)30(37,38)39)45(26-40-42-43(5)41-26)15-18-11-19(28(31,32)33)13-20(12-18)29(34,35)36/h10-14,16,23,25H,6-9,15H2,1-5H3/t23-,25?/m0/s1. The maximum Gasteiger partial charge on any atom is 0.416 e. The van der Waals surface area contributed by atoms with Crippen molar-refractivity contribution in [1.82, 2.24) is 20.2 Å². The molecule has 0 radical (unpaired) electrons. The predicted molar refractivity (Wildman–Crippen MR) is 152 cm³/mol. The van der Waals surface area contributed by atoms with Crippen molar-refractivity contribution in [3.63, 3.8) is 0 Å². The van der Waals surface area contributed by atoms with Gasteiger partial charge in [0.05, 0.1) is 35.5 Å². The van der Waals surface area contributed by atoms with Gasteiger partial charge in [-0.05, 0) is 78.3 Å². The number of rotatable bonds is 7. The number of aromatic nitrogens is 4. The van der Waals surface area contributed by atoms with Crippen LogP contribution in [0.25, 0.3) is 0 Å². The van der Waals surface area contributed by atoms with Crippen LogP contribution in [0.1, 0.15) is 79.5 Å². The molecule has 8 nitrogen and oxygen atoms in total. The minimum absolute atomic E-state index is 0.00159. The fraction of sp³-hybridized carbons (Fsp3) is 0.533. The van der Waals surface area contributed by atoms with Crippen molar-refractivity contribution in [3.8, 4) is 0 Å². The van der Waals surface area contributed by atoms with Crippen molar-refractivity contribution in [2.45, 2.75) is 84.2 Å². The number of nitrogens with zero attached hydrogens (tertiary/aromatic N) is 6. The van der Waals surface area contributed by atoms with Gasteiger partial charge < -0.3 is 9.64 Å². The van der Waals surface area contributed by atoms with Gasteiger partial charge in [-0.1, -0.05) is 31.9 Å². The highest BCUT2D eigenvalue weighted by Gasteiger charge is 2.40. The number of hydrogen-bond acceptors (Lipinski definition) is 6. The molecular formula is C30H33F9N6O2. The summed E-state index contributed by atoms with van der Waals surface area (Å²) in [4.78, 5) is 16.9. The van der Waals surface area contributed by atoms with Crippen LogP contribution in [-0.4, -0.2) is 38.9 Å². The highest BCUT2D eigenvalue weighted by atomic mass is 19.4. The van der Waals surface area contributed by atoms with Gasteiger partial charge in [0.1, 0.15) is 6.10 Å². The maximum atomic E-state index is 14.1. The number of halogens is 9. The molecule has 0 N–H and O–H groups in total. The third-order valence-corrected chi connectivity index (χ3v) is 7.94. The van der Waals surface area contributed by atoms with Crippen LogP contribution < -0.4 is 9.80 Å². The Bertz CT molecular complexity index is 1550. The lowest BCUT2D eigenvalue weighted by Gasteiger charge is -2.33. The van der Waals surface area contributed by atoms with Crippen molar-refractivity contribution in [1.29, 1.82) is 0 Å². The number of anilines is 2. The number of carbonyl (C=O) groups is 1. The fourth-order valence-corrected chi connectivity index (χ4v) is 5.66. The Balaban J connectivity index is 1.91. The SMILES string of the molecule is CCC(OC(=O)N1CCC[C@H](N(Cc2cc(C(F)(F)F)cc(C(F)(F)F)c2)c2nnn(C)n2)c2cc(C)c(C(F)(F)F)cc21)C(C)C. The molecule has 1 aliphatic heterocycles. The minimum Gasteiger partial charge on any atom is -0.446 e. The molecule has 0 saturated carbocycles. The smallest absolute Gasteiger partial charge is 0.416 e. The van der Waals surface area contributed by atoms with Crippen LogP contribution in [0.2, 0.25) is 0 Å². The molecule has 1 unspecified atom stereocenters. The summed E-state index contributed by atoms with van der Waals surface area (Å²) < 4.78 is 130. The van der Waals surface area contributed by atoms with Crippen LogP contribution in [0.4, 0.5) is 55.9 Å². The van der Waals surface area contributed by atoms with Gasteiger partial charge >= 0.3 is 24.6 Å². The number of ether oxygens (including phenoxy) is 1. The fourth-order valence-electron chi connectivity index (χ4n) is 5.66. The van der Waals surface area contributed by atoms with Crippen LogP contribution >= 0.6 is 0 Å². The molecule has 1 aliphatic rings. The van der Waals surface area contributed by atoms with Gasteiger partial charge in [0.2, 0.25) is 0 Å². The van der Waals surface area contributed by atoms with Gasteiger partial charge in [-0.25, -0.2) is 4.79 Å². The number of carbonyl (C=O) groups excluding carboxylic acids is 1. The number of aryl methyl sites for hydroxylation is 2. The number of amides is 1. The first-order valence-corrected chi connectivity index (χ1v) is 14.7. The zero-order valence-electron chi connectivity index (χ0n) is 26.1. The molecule has 1 amide bonds. The van der Waals surface area contributed by atoms with Crippen molar-refractivity contribution < 1.29 is 49.0 Å². The molecule has 0 aliphatic carbocycles. The summed E-state index contributed by atoms with van der Waals surface area (Å²) in [6.45, 7) is 5.96. The molecule has 1 aromatic heterocycles. The first-order valence-electron chi connectivity index (χ1n) is 14.7. The lowest BCUT2D eigenvalue weighted by molar-refractivity contribution is -0.143. The van der Waals surface area contributed by atoms with E-state index in [0.717, 1.165) is 15.8 Å². The molecule has 3 aromatic rings. The Morgan fingerprint density at radius 3 is 2.09 bits per heavy atom. The van der Waals surface area contributed by atoms with Gasteiger partial charge in [0, 0.05) is 13.1 Å². The van der Waals surface area contributed by atoms with E-state index < -0.39 is 65.6 Å². The number of hydrogen-bond donors (Lipinski definition) is 0. The molecule has 17 heteroatoms. The zero-order chi connectivity index (χ0) is 35.1. The third-order valence-electron chi connectivity index (χ3n) is 7.94.